The van der Waals surface area contributed by atoms with Crippen molar-refractivity contribution in [3.05, 3.63) is 0 Å². The molecule has 0 amide bonds. The average molecular weight is 252 g/mol. The second kappa shape index (κ2) is 5.15. The highest BCUT2D eigenvalue weighted by atomic mass is 16.3. The fraction of sp³-hybridized carbons (Fsp3) is 1.00. The Labute approximate surface area is 113 Å². The van der Waals surface area contributed by atoms with Gasteiger partial charge in [0.25, 0.3) is 0 Å². The predicted octanol–water partition coefficient (Wildman–Crippen LogP) is 4.78. The number of rotatable bonds is 2. The summed E-state index contributed by atoms with van der Waals surface area (Å²) in [5.74, 6) is 1.29. The number of hydrogen-bond donors (Lipinski definition) is 1. The smallest absolute Gasteiger partial charge is 0.0627 e. The molecule has 1 N–H and O–H groups in total. The third kappa shape index (κ3) is 2.24. The zero-order valence-electron chi connectivity index (χ0n) is 12.8. The first-order chi connectivity index (χ1) is 8.39. The largest absolute Gasteiger partial charge is 0.392 e. The Kier molecular flexibility index (Phi) is 4.11. The van der Waals surface area contributed by atoms with Gasteiger partial charge < -0.3 is 5.11 Å². The van der Waals surface area contributed by atoms with Crippen molar-refractivity contribution in [1.29, 1.82) is 0 Å². The standard InChI is InChI=1S/C17H32O/c1-13-9-8-12-17(4,16(13,2)3)15(18)14-10-6-5-7-11-14/h13-15,18H,5-12H2,1-4H3. The lowest BCUT2D eigenvalue weighted by atomic mass is 9.50. The van der Waals surface area contributed by atoms with Gasteiger partial charge in [0.15, 0.2) is 0 Å². The van der Waals surface area contributed by atoms with Gasteiger partial charge in [-0.2, -0.15) is 0 Å². The van der Waals surface area contributed by atoms with E-state index in [-0.39, 0.29) is 16.9 Å². The Balaban J connectivity index is 2.17. The van der Waals surface area contributed by atoms with E-state index in [2.05, 4.69) is 27.7 Å². The highest BCUT2D eigenvalue weighted by Gasteiger charge is 2.52. The Bertz CT molecular complexity index is 277. The van der Waals surface area contributed by atoms with E-state index in [0.717, 1.165) is 5.92 Å². The summed E-state index contributed by atoms with van der Waals surface area (Å²) in [4.78, 5) is 0. The SMILES string of the molecule is CC1CCCC(C)(C(O)C2CCCCC2)C1(C)C. The van der Waals surface area contributed by atoms with Crippen LogP contribution in [0.3, 0.4) is 0 Å². The van der Waals surface area contributed by atoms with Gasteiger partial charge in [-0.3, -0.25) is 0 Å². The van der Waals surface area contributed by atoms with Gasteiger partial charge in [-0.05, 0) is 41.9 Å². The van der Waals surface area contributed by atoms with E-state index < -0.39 is 0 Å². The van der Waals surface area contributed by atoms with Crippen LogP contribution in [-0.4, -0.2) is 11.2 Å². The quantitative estimate of drug-likeness (QED) is 0.750. The number of aliphatic hydroxyl groups is 1. The zero-order valence-corrected chi connectivity index (χ0v) is 12.8. The Morgan fingerprint density at radius 1 is 0.944 bits per heavy atom. The molecule has 18 heavy (non-hydrogen) atoms. The molecule has 2 aliphatic rings. The van der Waals surface area contributed by atoms with Crippen molar-refractivity contribution in [3.8, 4) is 0 Å². The lowest BCUT2D eigenvalue weighted by Crippen LogP contribution is -2.53. The third-order valence-electron chi connectivity index (χ3n) is 6.79. The van der Waals surface area contributed by atoms with Crippen LogP contribution in [0.1, 0.15) is 79.1 Å². The zero-order chi connectivity index (χ0) is 13.4. The van der Waals surface area contributed by atoms with E-state index in [1.54, 1.807) is 0 Å². The molecule has 0 saturated heterocycles. The fourth-order valence-corrected chi connectivity index (χ4v) is 4.52. The molecule has 0 bridgehead atoms. The number of aliphatic hydroxyl groups excluding tert-OH is 1. The maximum Gasteiger partial charge on any atom is 0.0627 e. The molecule has 3 unspecified atom stereocenters. The molecule has 2 rings (SSSR count). The summed E-state index contributed by atoms with van der Waals surface area (Å²) < 4.78 is 0. The summed E-state index contributed by atoms with van der Waals surface area (Å²) in [6.45, 7) is 9.53. The van der Waals surface area contributed by atoms with Crippen molar-refractivity contribution >= 4 is 0 Å². The van der Waals surface area contributed by atoms with E-state index in [9.17, 15) is 5.11 Å². The first-order valence-electron chi connectivity index (χ1n) is 8.07. The molecule has 3 atom stereocenters. The van der Waals surface area contributed by atoms with Gasteiger partial charge in [0.05, 0.1) is 6.10 Å². The molecule has 2 saturated carbocycles. The molecule has 0 heterocycles. The van der Waals surface area contributed by atoms with Crippen molar-refractivity contribution < 1.29 is 5.11 Å². The summed E-state index contributed by atoms with van der Waals surface area (Å²) in [6, 6.07) is 0. The second-order valence-electron chi connectivity index (χ2n) is 7.78. The fourth-order valence-electron chi connectivity index (χ4n) is 4.52. The highest BCUT2D eigenvalue weighted by Crippen LogP contribution is 2.57. The molecule has 0 aromatic rings. The van der Waals surface area contributed by atoms with Crippen molar-refractivity contribution in [2.45, 2.75) is 85.2 Å². The van der Waals surface area contributed by atoms with E-state index >= 15 is 0 Å². The molecule has 0 aliphatic heterocycles. The molecule has 2 aliphatic carbocycles. The molecule has 2 fully saturated rings. The summed E-state index contributed by atoms with van der Waals surface area (Å²) in [6.07, 6.45) is 10.3. The first-order valence-corrected chi connectivity index (χ1v) is 8.07. The van der Waals surface area contributed by atoms with Gasteiger partial charge in [-0.1, -0.05) is 59.8 Å². The van der Waals surface area contributed by atoms with Crippen molar-refractivity contribution in [3.63, 3.8) is 0 Å². The predicted molar refractivity (Wildman–Crippen MR) is 77.5 cm³/mol. The molecule has 0 spiro atoms. The molecule has 1 nitrogen and oxygen atoms in total. The maximum absolute atomic E-state index is 11.0. The van der Waals surface area contributed by atoms with Crippen LogP contribution in [0.4, 0.5) is 0 Å². The summed E-state index contributed by atoms with van der Waals surface area (Å²) >= 11 is 0. The van der Waals surface area contributed by atoms with E-state index in [4.69, 9.17) is 0 Å². The minimum Gasteiger partial charge on any atom is -0.392 e. The lowest BCUT2D eigenvalue weighted by Gasteiger charge is -2.56. The van der Waals surface area contributed by atoms with Crippen molar-refractivity contribution in [2.24, 2.45) is 22.7 Å². The van der Waals surface area contributed by atoms with Gasteiger partial charge in [-0.15, -0.1) is 0 Å². The normalized spacial score (nSPS) is 39.5. The van der Waals surface area contributed by atoms with Gasteiger partial charge >= 0.3 is 0 Å². The molecule has 1 heteroatoms. The summed E-state index contributed by atoms with van der Waals surface area (Å²) in [5.41, 5.74) is 0.384. The van der Waals surface area contributed by atoms with Crippen LogP contribution in [0.25, 0.3) is 0 Å². The van der Waals surface area contributed by atoms with Crippen LogP contribution in [-0.2, 0) is 0 Å². The van der Waals surface area contributed by atoms with Gasteiger partial charge in [0, 0.05) is 0 Å². The average Bonchev–Trinajstić information content (AvgIpc) is 2.36. The Morgan fingerprint density at radius 3 is 2.17 bits per heavy atom. The minimum atomic E-state index is -0.0875. The molecule has 0 aromatic carbocycles. The van der Waals surface area contributed by atoms with Crippen LogP contribution in [0.2, 0.25) is 0 Å². The van der Waals surface area contributed by atoms with E-state index in [1.807, 2.05) is 0 Å². The Hall–Kier alpha value is -0.0400. The molecule has 106 valence electrons. The van der Waals surface area contributed by atoms with Gasteiger partial charge in [-0.25, -0.2) is 0 Å². The van der Waals surface area contributed by atoms with Crippen LogP contribution in [0, 0.1) is 22.7 Å². The van der Waals surface area contributed by atoms with Crippen LogP contribution >= 0.6 is 0 Å². The highest BCUT2D eigenvalue weighted by molar-refractivity contribution is 5.01. The molecular weight excluding hydrogens is 220 g/mol. The van der Waals surface area contributed by atoms with E-state index in [0.29, 0.717) is 5.92 Å². The summed E-state index contributed by atoms with van der Waals surface area (Å²) in [5, 5.41) is 11.0. The number of hydrogen-bond acceptors (Lipinski definition) is 1. The van der Waals surface area contributed by atoms with Gasteiger partial charge in [0.1, 0.15) is 0 Å². The molecular formula is C17H32O. The van der Waals surface area contributed by atoms with Crippen LogP contribution in [0.15, 0.2) is 0 Å². The maximum atomic E-state index is 11.0. The topological polar surface area (TPSA) is 20.2 Å². The third-order valence-corrected chi connectivity index (χ3v) is 6.79. The van der Waals surface area contributed by atoms with Gasteiger partial charge in [0.2, 0.25) is 0 Å². The monoisotopic (exact) mass is 252 g/mol. The van der Waals surface area contributed by atoms with E-state index in [1.165, 1.54) is 51.4 Å². The Morgan fingerprint density at radius 2 is 1.56 bits per heavy atom. The second-order valence-corrected chi connectivity index (χ2v) is 7.78. The van der Waals surface area contributed by atoms with Crippen molar-refractivity contribution in [2.75, 3.05) is 0 Å². The lowest BCUT2D eigenvalue weighted by molar-refractivity contribution is -0.130. The molecule has 0 radical (unpaired) electrons. The minimum absolute atomic E-state index is 0.0875. The molecule has 0 aromatic heterocycles. The summed E-state index contributed by atoms with van der Waals surface area (Å²) in [7, 11) is 0. The van der Waals surface area contributed by atoms with Crippen LogP contribution in [0.5, 0.6) is 0 Å². The first kappa shape index (κ1) is 14.4. The van der Waals surface area contributed by atoms with Crippen molar-refractivity contribution in [1.82, 2.24) is 0 Å². The van der Waals surface area contributed by atoms with Crippen LogP contribution < -0.4 is 0 Å².